The second-order valence-corrected chi connectivity index (χ2v) is 8.43. The van der Waals surface area contributed by atoms with E-state index in [1.54, 1.807) is 12.1 Å². The van der Waals surface area contributed by atoms with Crippen LogP contribution in [0.5, 0.6) is 0 Å². The molecule has 0 radical (unpaired) electrons. The predicted molar refractivity (Wildman–Crippen MR) is 113 cm³/mol. The molecule has 30 heavy (non-hydrogen) atoms. The molecule has 0 N–H and O–H groups in total. The van der Waals surface area contributed by atoms with E-state index in [4.69, 9.17) is 0 Å². The third kappa shape index (κ3) is 3.65. The van der Waals surface area contributed by atoms with Gasteiger partial charge in [-0.25, -0.2) is 0 Å². The van der Waals surface area contributed by atoms with Gasteiger partial charge in [0, 0.05) is 12.6 Å². The number of nitrogens with zero attached hydrogens (tertiary/aromatic N) is 1. The van der Waals surface area contributed by atoms with E-state index in [1.165, 1.54) is 35.2 Å². The van der Waals surface area contributed by atoms with Gasteiger partial charge in [0.1, 0.15) is 0 Å². The van der Waals surface area contributed by atoms with Crippen molar-refractivity contribution in [1.82, 2.24) is 4.90 Å². The quantitative estimate of drug-likeness (QED) is 0.457. The standard InChI is InChI=1S/C26H24F3N/c27-26(28,29)22-9-6-19(7-10-22)20-8-11-23-21-13-15-30(25(17-21)24(23)16-20)14-12-18-4-2-1-3-5-18/h1-11,16,21,25H,12-15,17H2. The van der Waals surface area contributed by atoms with Crippen LogP contribution in [0.25, 0.3) is 11.1 Å². The van der Waals surface area contributed by atoms with Gasteiger partial charge in [0.05, 0.1) is 5.56 Å². The molecular formula is C26H24F3N. The lowest BCUT2D eigenvalue weighted by Crippen LogP contribution is -2.33. The van der Waals surface area contributed by atoms with Crippen LogP contribution in [0.3, 0.4) is 0 Å². The summed E-state index contributed by atoms with van der Waals surface area (Å²) < 4.78 is 38.6. The number of hydrogen-bond acceptors (Lipinski definition) is 1. The molecule has 0 amide bonds. The van der Waals surface area contributed by atoms with Crippen LogP contribution in [0.15, 0.2) is 72.8 Å². The number of hydrogen-bond donors (Lipinski definition) is 0. The van der Waals surface area contributed by atoms with E-state index in [0.29, 0.717) is 12.0 Å². The monoisotopic (exact) mass is 407 g/mol. The molecule has 0 saturated carbocycles. The number of fused-ring (bicyclic) bond motifs is 5. The molecule has 1 aliphatic heterocycles. The lowest BCUT2D eigenvalue weighted by molar-refractivity contribution is -0.137. The molecule has 1 heterocycles. The van der Waals surface area contributed by atoms with Crippen LogP contribution in [0.1, 0.15) is 47.1 Å². The number of likely N-dealkylation sites (tertiary alicyclic amines) is 1. The Morgan fingerprint density at radius 1 is 0.833 bits per heavy atom. The topological polar surface area (TPSA) is 3.24 Å². The number of alkyl halides is 3. The molecule has 1 saturated heterocycles. The summed E-state index contributed by atoms with van der Waals surface area (Å²) in [5.74, 6) is 0.611. The smallest absolute Gasteiger partial charge is 0.296 e. The van der Waals surface area contributed by atoms with E-state index < -0.39 is 11.7 Å². The number of halogens is 3. The molecule has 154 valence electrons. The molecule has 3 aromatic carbocycles. The van der Waals surface area contributed by atoms with Gasteiger partial charge in [-0.05, 0) is 77.7 Å². The Labute approximate surface area is 175 Å². The summed E-state index contributed by atoms with van der Waals surface area (Å²) in [7, 11) is 0. The van der Waals surface area contributed by atoms with Gasteiger partial charge in [-0.2, -0.15) is 13.2 Å². The van der Waals surface area contributed by atoms with Gasteiger partial charge in [0.15, 0.2) is 0 Å². The van der Waals surface area contributed by atoms with Gasteiger partial charge in [-0.3, -0.25) is 4.90 Å². The zero-order valence-corrected chi connectivity index (χ0v) is 16.7. The van der Waals surface area contributed by atoms with Crippen LogP contribution in [0, 0.1) is 0 Å². The number of benzene rings is 3. The Morgan fingerprint density at radius 3 is 2.30 bits per heavy atom. The fraction of sp³-hybridized carbons (Fsp3) is 0.308. The Balaban J connectivity index is 1.39. The van der Waals surface area contributed by atoms with Crippen molar-refractivity contribution in [3.05, 3.63) is 95.1 Å². The van der Waals surface area contributed by atoms with Gasteiger partial charge in [0.2, 0.25) is 0 Å². The second kappa shape index (κ2) is 7.59. The van der Waals surface area contributed by atoms with Crippen molar-refractivity contribution < 1.29 is 13.2 Å². The van der Waals surface area contributed by atoms with Gasteiger partial charge in [-0.15, -0.1) is 0 Å². The maximum atomic E-state index is 12.9. The molecule has 1 aliphatic carbocycles. The van der Waals surface area contributed by atoms with E-state index in [-0.39, 0.29) is 0 Å². The van der Waals surface area contributed by atoms with E-state index in [1.807, 2.05) is 6.07 Å². The van der Waals surface area contributed by atoms with Crippen LogP contribution < -0.4 is 0 Å². The Kier molecular flexibility index (Phi) is 4.90. The Hall–Kier alpha value is -2.59. The minimum atomic E-state index is -4.30. The molecule has 0 aromatic heterocycles. The maximum absolute atomic E-state index is 12.9. The van der Waals surface area contributed by atoms with Gasteiger partial charge >= 0.3 is 6.18 Å². The molecule has 0 spiro atoms. The highest BCUT2D eigenvalue weighted by Gasteiger charge is 2.38. The molecule has 1 nitrogen and oxygen atoms in total. The summed E-state index contributed by atoms with van der Waals surface area (Å²) in [4.78, 5) is 2.59. The van der Waals surface area contributed by atoms with Crippen molar-refractivity contribution >= 4 is 0 Å². The largest absolute Gasteiger partial charge is 0.416 e. The lowest BCUT2D eigenvalue weighted by atomic mass is 9.94. The lowest BCUT2D eigenvalue weighted by Gasteiger charge is -2.33. The first-order valence-corrected chi connectivity index (χ1v) is 10.6. The molecule has 2 bridgehead atoms. The normalized spacial score (nSPS) is 20.9. The summed E-state index contributed by atoms with van der Waals surface area (Å²) in [5, 5.41) is 0. The highest BCUT2D eigenvalue weighted by atomic mass is 19.4. The van der Waals surface area contributed by atoms with E-state index >= 15 is 0 Å². The van der Waals surface area contributed by atoms with Crippen LogP contribution in [-0.2, 0) is 12.6 Å². The SMILES string of the molecule is FC(F)(F)c1ccc(-c2ccc3c(c2)C2CC3CCN2CCc2ccccc2)cc1. The molecule has 5 rings (SSSR count). The third-order valence-corrected chi connectivity index (χ3v) is 6.68. The first-order valence-electron chi connectivity index (χ1n) is 10.6. The number of rotatable bonds is 4. The Morgan fingerprint density at radius 2 is 1.57 bits per heavy atom. The summed E-state index contributed by atoms with van der Waals surface area (Å²) in [6.07, 6.45) is -0.929. The van der Waals surface area contributed by atoms with E-state index in [9.17, 15) is 13.2 Å². The fourth-order valence-electron chi connectivity index (χ4n) is 5.07. The van der Waals surface area contributed by atoms with E-state index in [2.05, 4.69) is 47.4 Å². The van der Waals surface area contributed by atoms with Crippen molar-refractivity contribution in [1.29, 1.82) is 0 Å². The van der Waals surface area contributed by atoms with Gasteiger partial charge in [-0.1, -0.05) is 54.6 Å². The molecule has 2 unspecified atom stereocenters. The first kappa shape index (κ1) is 19.4. The predicted octanol–water partition coefficient (Wildman–Crippen LogP) is 6.85. The maximum Gasteiger partial charge on any atom is 0.416 e. The van der Waals surface area contributed by atoms with Gasteiger partial charge < -0.3 is 0 Å². The van der Waals surface area contributed by atoms with Crippen molar-refractivity contribution in [3.8, 4) is 11.1 Å². The van der Waals surface area contributed by atoms with Crippen LogP contribution in [-0.4, -0.2) is 18.0 Å². The molecule has 1 fully saturated rings. The summed E-state index contributed by atoms with van der Waals surface area (Å²) >= 11 is 0. The molecule has 4 heteroatoms. The van der Waals surface area contributed by atoms with Crippen molar-refractivity contribution in [2.75, 3.05) is 13.1 Å². The minimum Gasteiger partial charge on any atom is -0.296 e. The molecule has 3 aromatic rings. The average molecular weight is 407 g/mol. The summed E-state index contributed by atoms with van der Waals surface area (Å²) in [6, 6.07) is 23.0. The third-order valence-electron chi connectivity index (χ3n) is 6.68. The zero-order chi connectivity index (χ0) is 20.7. The molecule has 2 aliphatic rings. The van der Waals surface area contributed by atoms with Crippen molar-refractivity contribution in [2.24, 2.45) is 0 Å². The van der Waals surface area contributed by atoms with Crippen molar-refractivity contribution in [3.63, 3.8) is 0 Å². The second-order valence-electron chi connectivity index (χ2n) is 8.43. The van der Waals surface area contributed by atoms with Crippen LogP contribution in [0.4, 0.5) is 13.2 Å². The Bertz CT molecular complexity index is 1020. The summed E-state index contributed by atoms with van der Waals surface area (Å²) in [5.41, 5.74) is 5.38. The highest BCUT2D eigenvalue weighted by Crippen LogP contribution is 2.49. The molecular weight excluding hydrogens is 383 g/mol. The van der Waals surface area contributed by atoms with E-state index in [0.717, 1.165) is 37.1 Å². The van der Waals surface area contributed by atoms with Gasteiger partial charge in [0.25, 0.3) is 0 Å². The molecule has 2 atom stereocenters. The first-order chi connectivity index (χ1) is 14.5. The van der Waals surface area contributed by atoms with Crippen LogP contribution >= 0.6 is 0 Å². The van der Waals surface area contributed by atoms with Crippen molar-refractivity contribution in [2.45, 2.75) is 37.4 Å². The highest BCUT2D eigenvalue weighted by molar-refractivity contribution is 5.66. The van der Waals surface area contributed by atoms with Crippen LogP contribution in [0.2, 0.25) is 0 Å². The average Bonchev–Trinajstić information content (AvgIpc) is 3.05. The zero-order valence-electron chi connectivity index (χ0n) is 16.7. The fourth-order valence-corrected chi connectivity index (χ4v) is 5.07. The number of piperidine rings is 1. The minimum absolute atomic E-state index is 0.414. The summed E-state index contributed by atoms with van der Waals surface area (Å²) in [6.45, 7) is 2.14.